The maximum absolute atomic E-state index is 13.2. The molecule has 0 radical (unpaired) electrons. The highest BCUT2D eigenvalue weighted by molar-refractivity contribution is 9.10. The van der Waals surface area contributed by atoms with Gasteiger partial charge in [0.25, 0.3) is 0 Å². The number of hydrogen-bond acceptors (Lipinski definition) is 2. The van der Waals surface area contributed by atoms with Gasteiger partial charge in [0.2, 0.25) is 0 Å². The Morgan fingerprint density at radius 3 is 2.76 bits per heavy atom. The summed E-state index contributed by atoms with van der Waals surface area (Å²) in [5, 5.41) is 8.02. The van der Waals surface area contributed by atoms with E-state index in [1.54, 1.807) is 0 Å². The summed E-state index contributed by atoms with van der Waals surface area (Å²) in [6.07, 6.45) is 3.78. The third kappa shape index (κ3) is 3.92. The van der Waals surface area contributed by atoms with E-state index in [9.17, 15) is 4.39 Å². The van der Waals surface area contributed by atoms with Crippen LogP contribution in [0.25, 0.3) is 0 Å². The molecule has 1 N–H and O–H groups in total. The molecule has 2 aromatic rings. The van der Waals surface area contributed by atoms with Crippen LogP contribution in [0.15, 0.2) is 28.9 Å². The predicted octanol–water partition coefficient (Wildman–Crippen LogP) is 3.78. The number of benzene rings is 1. The Bertz CT molecular complexity index is 610. The maximum atomic E-state index is 13.2. The highest BCUT2D eigenvalue weighted by Crippen LogP contribution is 2.26. The number of rotatable bonds is 6. The minimum atomic E-state index is -0.221. The maximum Gasteiger partial charge on any atom is 0.124 e. The number of likely N-dealkylation sites (N-methyl/N-ethyl adjacent to an activating group) is 1. The van der Waals surface area contributed by atoms with Crippen molar-refractivity contribution in [1.82, 2.24) is 15.1 Å². The molecule has 1 unspecified atom stereocenters. The standard InChI is InChI=1S/C16H21BrFN3/c1-4-15-13(10-21(3)20-15)16(19-5-2)8-11-6-7-12(18)9-14(11)17/h6-7,9-10,16,19H,4-5,8H2,1-3H3. The first kappa shape index (κ1) is 16.2. The largest absolute Gasteiger partial charge is 0.310 e. The van der Waals surface area contributed by atoms with Gasteiger partial charge < -0.3 is 5.32 Å². The van der Waals surface area contributed by atoms with E-state index in [0.717, 1.165) is 35.1 Å². The number of aryl methyl sites for hydroxylation is 2. The first-order valence-electron chi connectivity index (χ1n) is 7.24. The Morgan fingerprint density at radius 1 is 1.38 bits per heavy atom. The van der Waals surface area contributed by atoms with Gasteiger partial charge in [0, 0.05) is 29.3 Å². The molecule has 0 saturated carbocycles. The van der Waals surface area contributed by atoms with E-state index in [1.807, 2.05) is 17.8 Å². The zero-order valence-electron chi connectivity index (χ0n) is 12.7. The van der Waals surface area contributed by atoms with E-state index < -0.39 is 0 Å². The Balaban J connectivity index is 2.30. The fraction of sp³-hybridized carbons (Fsp3) is 0.438. The van der Waals surface area contributed by atoms with Gasteiger partial charge in [0.05, 0.1) is 5.69 Å². The molecule has 3 nitrogen and oxygen atoms in total. The smallest absolute Gasteiger partial charge is 0.124 e. The van der Waals surface area contributed by atoms with Crippen LogP contribution in [0.5, 0.6) is 0 Å². The lowest BCUT2D eigenvalue weighted by molar-refractivity contribution is 0.543. The summed E-state index contributed by atoms with van der Waals surface area (Å²) in [5.41, 5.74) is 3.42. The van der Waals surface area contributed by atoms with Crippen molar-refractivity contribution in [3.05, 3.63) is 51.5 Å². The molecule has 0 saturated heterocycles. The van der Waals surface area contributed by atoms with Gasteiger partial charge >= 0.3 is 0 Å². The van der Waals surface area contributed by atoms with Crippen LogP contribution >= 0.6 is 15.9 Å². The molecule has 114 valence electrons. The molecule has 2 rings (SSSR count). The second-order valence-electron chi connectivity index (χ2n) is 5.11. The van der Waals surface area contributed by atoms with E-state index >= 15 is 0 Å². The van der Waals surface area contributed by atoms with E-state index in [-0.39, 0.29) is 11.9 Å². The number of nitrogens with zero attached hydrogens (tertiary/aromatic N) is 2. The molecule has 0 amide bonds. The van der Waals surface area contributed by atoms with Crippen molar-refractivity contribution >= 4 is 15.9 Å². The summed E-state index contributed by atoms with van der Waals surface area (Å²) in [6.45, 7) is 5.08. The number of nitrogens with one attached hydrogen (secondary N) is 1. The Kier molecular flexibility index (Phi) is 5.53. The average molecular weight is 354 g/mol. The fourth-order valence-corrected chi connectivity index (χ4v) is 3.08. The molecule has 1 aromatic carbocycles. The zero-order chi connectivity index (χ0) is 15.4. The van der Waals surface area contributed by atoms with E-state index in [2.05, 4.69) is 46.4 Å². The van der Waals surface area contributed by atoms with Crippen LogP contribution in [-0.2, 0) is 19.9 Å². The fourth-order valence-electron chi connectivity index (χ4n) is 2.56. The second kappa shape index (κ2) is 7.18. The first-order chi connectivity index (χ1) is 10.0. The van der Waals surface area contributed by atoms with Gasteiger partial charge in [0.15, 0.2) is 0 Å². The van der Waals surface area contributed by atoms with Crippen LogP contribution < -0.4 is 5.32 Å². The van der Waals surface area contributed by atoms with Gasteiger partial charge in [-0.1, -0.05) is 35.8 Å². The second-order valence-corrected chi connectivity index (χ2v) is 5.96. The molecular formula is C16H21BrFN3. The van der Waals surface area contributed by atoms with Crippen LogP contribution in [-0.4, -0.2) is 16.3 Å². The van der Waals surface area contributed by atoms with Gasteiger partial charge in [-0.3, -0.25) is 4.68 Å². The van der Waals surface area contributed by atoms with Gasteiger partial charge in [-0.15, -0.1) is 0 Å². The van der Waals surface area contributed by atoms with Crippen molar-refractivity contribution in [1.29, 1.82) is 0 Å². The summed E-state index contributed by atoms with van der Waals surface area (Å²) in [4.78, 5) is 0. The van der Waals surface area contributed by atoms with Crippen molar-refractivity contribution in [2.24, 2.45) is 7.05 Å². The molecule has 1 aromatic heterocycles. The quantitative estimate of drug-likeness (QED) is 0.856. The Morgan fingerprint density at radius 2 is 2.14 bits per heavy atom. The third-order valence-corrected chi connectivity index (χ3v) is 4.28. The molecule has 0 aliphatic carbocycles. The Labute approximate surface area is 133 Å². The average Bonchev–Trinajstić information content (AvgIpc) is 2.82. The molecule has 21 heavy (non-hydrogen) atoms. The first-order valence-corrected chi connectivity index (χ1v) is 8.04. The normalized spacial score (nSPS) is 12.6. The molecule has 0 bridgehead atoms. The van der Waals surface area contributed by atoms with Crippen LogP contribution in [0.1, 0.15) is 36.7 Å². The lowest BCUT2D eigenvalue weighted by Crippen LogP contribution is -2.23. The van der Waals surface area contributed by atoms with E-state index in [1.165, 1.54) is 17.7 Å². The van der Waals surface area contributed by atoms with E-state index in [4.69, 9.17) is 0 Å². The minimum Gasteiger partial charge on any atom is -0.310 e. The molecular weight excluding hydrogens is 333 g/mol. The summed E-state index contributed by atoms with van der Waals surface area (Å²) in [7, 11) is 1.94. The van der Waals surface area contributed by atoms with Crippen LogP contribution in [0, 0.1) is 5.82 Å². The zero-order valence-corrected chi connectivity index (χ0v) is 14.2. The van der Waals surface area contributed by atoms with Gasteiger partial charge in [-0.05, 0) is 37.1 Å². The highest BCUT2D eigenvalue weighted by atomic mass is 79.9. The minimum absolute atomic E-state index is 0.181. The number of hydrogen-bond donors (Lipinski definition) is 1. The lowest BCUT2D eigenvalue weighted by Gasteiger charge is -2.19. The van der Waals surface area contributed by atoms with Crippen LogP contribution in [0.2, 0.25) is 0 Å². The van der Waals surface area contributed by atoms with Crippen molar-refractivity contribution in [3.8, 4) is 0 Å². The van der Waals surface area contributed by atoms with Crippen molar-refractivity contribution in [2.75, 3.05) is 6.54 Å². The van der Waals surface area contributed by atoms with Crippen LogP contribution in [0.3, 0.4) is 0 Å². The Hall–Kier alpha value is -1.20. The molecule has 0 spiro atoms. The van der Waals surface area contributed by atoms with Crippen molar-refractivity contribution in [3.63, 3.8) is 0 Å². The monoisotopic (exact) mass is 353 g/mol. The van der Waals surface area contributed by atoms with Gasteiger partial charge in [0.1, 0.15) is 5.82 Å². The number of aromatic nitrogens is 2. The topological polar surface area (TPSA) is 29.9 Å². The molecule has 0 fully saturated rings. The summed E-state index contributed by atoms with van der Waals surface area (Å²) < 4.78 is 15.9. The molecule has 1 atom stereocenters. The number of halogens is 2. The van der Waals surface area contributed by atoms with Crippen molar-refractivity contribution < 1.29 is 4.39 Å². The van der Waals surface area contributed by atoms with Gasteiger partial charge in [-0.25, -0.2) is 4.39 Å². The predicted molar refractivity (Wildman–Crippen MR) is 86.8 cm³/mol. The third-order valence-electron chi connectivity index (χ3n) is 3.54. The van der Waals surface area contributed by atoms with Gasteiger partial charge in [-0.2, -0.15) is 5.10 Å². The summed E-state index contributed by atoms with van der Waals surface area (Å²) >= 11 is 3.45. The molecule has 5 heteroatoms. The lowest BCUT2D eigenvalue weighted by atomic mass is 9.98. The SMILES string of the molecule is CCNC(Cc1ccc(F)cc1Br)c1cn(C)nc1CC. The summed E-state index contributed by atoms with van der Waals surface area (Å²) in [6, 6.07) is 5.04. The van der Waals surface area contributed by atoms with E-state index in [0.29, 0.717) is 0 Å². The van der Waals surface area contributed by atoms with Crippen molar-refractivity contribution in [2.45, 2.75) is 32.7 Å². The molecule has 0 aliphatic heterocycles. The molecule has 1 heterocycles. The molecule has 0 aliphatic rings. The summed E-state index contributed by atoms with van der Waals surface area (Å²) in [5.74, 6) is -0.221. The highest BCUT2D eigenvalue weighted by Gasteiger charge is 2.18. The van der Waals surface area contributed by atoms with Crippen LogP contribution in [0.4, 0.5) is 4.39 Å².